The third-order valence-electron chi connectivity index (χ3n) is 1.97. The van der Waals surface area contributed by atoms with Crippen molar-refractivity contribution in [2.75, 3.05) is 12.1 Å². The summed E-state index contributed by atoms with van der Waals surface area (Å²) >= 11 is 11.1. The number of alkyl halides is 1. The van der Waals surface area contributed by atoms with Gasteiger partial charge in [0.05, 0.1) is 4.90 Å². The average molecular weight is 296 g/mol. The summed E-state index contributed by atoms with van der Waals surface area (Å²) in [5, 5.41) is 2.84. The molecule has 0 aliphatic heterocycles. The van der Waals surface area contributed by atoms with Gasteiger partial charge in [-0.25, -0.2) is 8.42 Å². The molecule has 0 saturated heterocycles. The molecular weight excluding hydrogens is 285 g/mol. The van der Waals surface area contributed by atoms with Gasteiger partial charge in [0.1, 0.15) is 5.88 Å². The van der Waals surface area contributed by atoms with Crippen molar-refractivity contribution < 1.29 is 13.2 Å². The van der Waals surface area contributed by atoms with Gasteiger partial charge >= 0.3 is 0 Å². The van der Waals surface area contributed by atoms with E-state index in [1.807, 2.05) is 0 Å². The van der Waals surface area contributed by atoms with Crippen LogP contribution in [0.3, 0.4) is 0 Å². The van der Waals surface area contributed by atoms with E-state index in [0.717, 1.165) is 6.26 Å². The summed E-state index contributed by atoms with van der Waals surface area (Å²) in [5.74, 6) is -0.466. The lowest BCUT2D eigenvalue weighted by Crippen LogP contribution is -2.23. The van der Waals surface area contributed by atoms with Crippen LogP contribution in [0, 0.1) is 0 Å². The molecule has 1 aromatic rings. The molecule has 0 spiro atoms. The highest BCUT2D eigenvalue weighted by molar-refractivity contribution is 7.90. The average Bonchev–Trinajstić information content (AvgIpc) is 2.24. The number of sulfone groups is 1. The maximum atomic E-state index is 11.4. The molecule has 0 aromatic heterocycles. The van der Waals surface area contributed by atoms with Gasteiger partial charge in [0.2, 0.25) is 5.91 Å². The molecule has 94 valence electrons. The van der Waals surface area contributed by atoms with E-state index in [1.54, 1.807) is 6.07 Å². The third kappa shape index (κ3) is 4.53. The highest BCUT2D eigenvalue weighted by atomic mass is 35.5. The van der Waals surface area contributed by atoms with Crippen molar-refractivity contribution in [3.63, 3.8) is 0 Å². The minimum atomic E-state index is -3.32. The zero-order valence-electron chi connectivity index (χ0n) is 9.04. The fraction of sp³-hybridized carbons (Fsp3) is 0.300. The van der Waals surface area contributed by atoms with E-state index in [4.69, 9.17) is 23.2 Å². The van der Waals surface area contributed by atoms with Crippen molar-refractivity contribution in [3.8, 4) is 0 Å². The first-order valence-electron chi connectivity index (χ1n) is 4.65. The maximum absolute atomic E-state index is 11.4. The molecule has 0 aliphatic carbocycles. The Morgan fingerprint density at radius 1 is 1.35 bits per heavy atom. The molecule has 1 aromatic carbocycles. The summed E-state index contributed by atoms with van der Waals surface area (Å²) in [6, 6.07) is 4.42. The van der Waals surface area contributed by atoms with Gasteiger partial charge in [0.15, 0.2) is 9.84 Å². The minimum Gasteiger partial charge on any atom is -0.351 e. The zero-order chi connectivity index (χ0) is 13.1. The molecule has 4 nitrogen and oxygen atoms in total. The van der Waals surface area contributed by atoms with E-state index in [-0.39, 0.29) is 23.2 Å². The molecular formula is C10H11Cl2NO3S. The monoisotopic (exact) mass is 295 g/mol. The van der Waals surface area contributed by atoms with Gasteiger partial charge in [0, 0.05) is 17.8 Å². The first-order valence-corrected chi connectivity index (χ1v) is 7.45. The van der Waals surface area contributed by atoms with E-state index in [9.17, 15) is 13.2 Å². The first-order chi connectivity index (χ1) is 7.82. The normalized spacial score (nSPS) is 11.2. The molecule has 1 N–H and O–H groups in total. The predicted molar refractivity (Wildman–Crippen MR) is 67.1 cm³/mol. The Kier molecular flexibility index (Phi) is 4.80. The van der Waals surface area contributed by atoms with Crippen LogP contribution in [0.4, 0.5) is 0 Å². The SMILES string of the molecule is CS(=O)(=O)c1cc(Cl)cc(CNC(=O)CCl)c1. The van der Waals surface area contributed by atoms with Crippen LogP contribution < -0.4 is 5.32 Å². The minimum absolute atomic E-state index is 0.125. The fourth-order valence-electron chi connectivity index (χ4n) is 1.18. The van der Waals surface area contributed by atoms with E-state index in [1.165, 1.54) is 12.1 Å². The Bertz CT molecular complexity index is 528. The van der Waals surface area contributed by atoms with Crippen LogP contribution >= 0.6 is 23.2 Å². The van der Waals surface area contributed by atoms with Crippen LogP contribution in [-0.4, -0.2) is 26.5 Å². The number of hydrogen-bond acceptors (Lipinski definition) is 3. The molecule has 0 fully saturated rings. The summed E-state index contributed by atoms with van der Waals surface area (Å²) in [4.78, 5) is 11.1. The Hall–Kier alpha value is -0.780. The second kappa shape index (κ2) is 5.71. The zero-order valence-corrected chi connectivity index (χ0v) is 11.4. The number of benzene rings is 1. The molecule has 17 heavy (non-hydrogen) atoms. The van der Waals surface area contributed by atoms with E-state index < -0.39 is 9.84 Å². The lowest BCUT2D eigenvalue weighted by molar-refractivity contribution is -0.118. The molecule has 7 heteroatoms. The Morgan fingerprint density at radius 3 is 2.53 bits per heavy atom. The van der Waals surface area contributed by atoms with E-state index in [2.05, 4.69) is 5.32 Å². The molecule has 0 bridgehead atoms. The lowest BCUT2D eigenvalue weighted by Gasteiger charge is -2.06. The second-order valence-electron chi connectivity index (χ2n) is 3.48. The summed E-state index contributed by atoms with van der Waals surface area (Å²) < 4.78 is 22.7. The summed E-state index contributed by atoms with van der Waals surface area (Å²) in [6.07, 6.45) is 1.10. The van der Waals surface area contributed by atoms with Crippen molar-refractivity contribution in [1.29, 1.82) is 0 Å². The molecule has 0 saturated carbocycles. The standard InChI is InChI=1S/C10H11Cl2NO3S/c1-17(15,16)9-3-7(2-8(12)4-9)6-13-10(14)5-11/h2-4H,5-6H2,1H3,(H,13,14). The number of halogens is 2. The molecule has 0 heterocycles. The van der Waals surface area contributed by atoms with Crippen LogP contribution in [0.5, 0.6) is 0 Å². The third-order valence-corrected chi connectivity index (χ3v) is 3.52. The highest BCUT2D eigenvalue weighted by Crippen LogP contribution is 2.19. The van der Waals surface area contributed by atoms with Crippen molar-refractivity contribution in [2.45, 2.75) is 11.4 Å². The number of carbonyl (C=O) groups excluding carboxylic acids is 1. The molecule has 1 rings (SSSR count). The van der Waals surface area contributed by atoms with Gasteiger partial charge in [-0.1, -0.05) is 11.6 Å². The van der Waals surface area contributed by atoms with Crippen LogP contribution in [0.1, 0.15) is 5.56 Å². The first kappa shape index (κ1) is 14.3. The van der Waals surface area contributed by atoms with Crippen LogP contribution in [0.15, 0.2) is 23.1 Å². The number of carbonyl (C=O) groups is 1. The summed E-state index contributed by atoms with van der Waals surface area (Å²) in [5.41, 5.74) is 0.608. The largest absolute Gasteiger partial charge is 0.351 e. The Balaban J connectivity index is 2.95. The number of hydrogen-bond donors (Lipinski definition) is 1. The van der Waals surface area contributed by atoms with Crippen LogP contribution in [-0.2, 0) is 21.2 Å². The number of rotatable bonds is 4. The molecule has 1 amide bonds. The van der Waals surface area contributed by atoms with Gasteiger partial charge in [-0.2, -0.15) is 0 Å². The van der Waals surface area contributed by atoms with E-state index in [0.29, 0.717) is 10.6 Å². The van der Waals surface area contributed by atoms with Crippen LogP contribution in [0.25, 0.3) is 0 Å². The van der Waals surface area contributed by atoms with Gasteiger partial charge in [-0.05, 0) is 23.8 Å². The topological polar surface area (TPSA) is 63.2 Å². The lowest BCUT2D eigenvalue weighted by atomic mass is 10.2. The Labute approximate surface area is 110 Å². The van der Waals surface area contributed by atoms with Gasteiger partial charge in [0.25, 0.3) is 0 Å². The fourth-order valence-corrected chi connectivity index (χ4v) is 2.31. The van der Waals surface area contributed by atoms with E-state index >= 15 is 0 Å². The number of nitrogens with one attached hydrogen (secondary N) is 1. The molecule has 0 radical (unpaired) electrons. The van der Waals surface area contributed by atoms with Crippen molar-refractivity contribution in [1.82, 2.24) is 5.32 Å². The van der Waals surface area contributed by atoms with Crippen molar-refractivity contribution in [2.24, 2.45) is 0 Å². The summed E-state index contributed by atoms with van der Waals surface area (Å²) in [7, 11) is -3.32. The van der Waals surface area contributed by atoms with Crippen LogP contribution in [0.2, 0.25) is 5.02 Å². The summed E-state index contributed by atoms with van der Waals surface area (Å²) in [6.45, 7) is 0.189. The Morgan fingerprint density at radius 2 is 2.00 bits per heavy atom. The second-order valence-corrected chi connectivity index (χ2v) is 6.20. The van der Waals surface area contributed by atoms with Gasteiger partial charge in [-0.3, -0.25) is 4.79 Å². The quantitative estimate of drug-likeness (QED) is 0.858. The number of amides is 1. The highest BCUT2D eigenvalue weighted by Gasteiger charge is 2.10. The molecule has 0 aliphatic rings. The molecule has 0 atom stereocenters. The van der Waals surface area contributed by atoms with Gasteiger partial charge in [-0.15, -0.1) is 11.6 Å². The molecule has 0 unspecified atom stereocenters. The maximum Gasteiger partial charge on any atom is 0.235 e. The predicted octanol–water partition coefficient (Wildman–Crippen LogP) is 1.60. The smallest absolute Gasteiger partial charge is 0.235 e. The van der Waals surface area contributed by atoms with Gasteiger partial charge < -0.3 is 5.32 Å². The van der Waals surface area contributed by atoms with Crippen molar-refractivity contribution >= 4 is 38.9 Å². The van der Waals surface area contributed by atoms with Crippen molar-refractivity contribution in [3.05, 3.63) is 28.8 Å².